The average molecular weight is 212 g/mol. The first-order chi connectivity index (χ1) is 7.09. The molecule has 15 heavy (non-hydrogen) atoms. The molecule has 2 heteroatoms. The molecule has 0 aromatic heterocycles. The molecule has 0 aromatic rings. The van der Waals surface area contributed by atoms with Crippen LogP contribution in [0.3, 0.4) is 0 Å². The van der Waals surface area contributed by atoms with Crippen molar-refractivity contribution in [1.29, 1.82) is 0 Å². The molecule has 0 saturated heterocycles. The molecule has 1 rings (SSSR count). The Hall–Kier alpha value is -0.0800. The molecule has 0 aliphatic heterocycles. The molecule has 2 nitrogen and oxygen atoms in total. The predicted octanol–water partition coefficient (Wildman–Crippen LogP) is 2.49. The first-order valence-corrected chi connectivity index (χ1v) is 6.53. The summed E-state index contributed by atoms with van der Waals surface area (Å²) in [5.41, 5.74) is 0. The molecule has 0 heterocycles. The van der Waals surface area contributed by atoms with Gasteiger partial charge in [-0.3, -0.25) is 0 Å². The van der Waals surface area contributed by atoms with Crippen molar-refractivity contribution in [3.05, 3.63) is 0 Å². The smallest absolute Gasteiger partial charge is 0.00697 e. The second kappa shape index (κ2) is 6.49. The Morgan fingerprint density at radius 1 is 1.33 bits per heavy atom. The first kappa shape index (κ1) is 13.0. The molecule has 2 unspecified atom stereocenters. The first-order valence-electron chi connectivity index (χ1n) is 6.53. The van der Waals surface area contributed by atoms with Gasteiger partial charge in [0.05, 0.1) is 0 Å². The van der Waals surface area contributed by atoms with Gasteiger partial charge in [-0.2, -0.15) is 0 Å². The fourth-order valence-electron chi connectivity index (χ4n) is 2.29. The highest BCUT2D eigenvalue weighted by atomic mass is 15.1. The summed E-state index contributed by atoms with van der Waals surface area (Å²) in [5, 5.41) is 3.68. The van der Waals surface area contributed by atoms with Crippen LogP contribution in [0.15, 0.2) is 0 Å². The largest absolute Gasteiger partial charge is 0.314 e. The van der Waals surface area contributed by atoms with E-state index in [4.69, 9.17) is 0 Å². The minimum Gasteiger partial charge on any atom is -0.314 e. The molecule has 0 aromatic carbocycles. The van der Waals surface area contributed by atoms with E-state index in [0.29, 0.717) is 6.04 Å². The number of hydrogen-bond acceptors (Lipinski definition) is 2. The van der Waals surface area contributed by atoms with Gasteiger partial charge in [0.15, 0.2) is 0 Å². The summed E-state index contributed by atoms with van der Waals surface area (Å²) < 4.78 is 0. The molecule has 0 spiro atoms. The standard InChI is InChI=1S/C13H28N2/c1-11(2)15(4)9-5-8-14-13-7-6-12(3)10-13/h11-14H,5-10H2,1-4H3. The Labute approximate surface area is 95.4 Å². The van der Waals surface area contributed by atoms with E-state index >= 15 is 0 Å². The van der Waals surface area contributed by atoms with Crippen LogP contribution in [0.4, 0.5) is 0 Å². The molecule has 1 saturated carbocycles. The molecule has 1 N–H and O–H groups in total. The van der Waals surface area contributed by atoms with Gasteiger partial charge in [0.2, 0.25) is 0 Å². The van der Waals surface area contributed by atoms with Gasteiger partial charge in [-0.25, -0.2) is 0 Å². The van der Waals surface area contributed by atoms with E-state index in [1.54, 1.807) is 0 Å². The van der Waals surface area contributed by atoms with Crippen LogP contribution in [-0.2, 0) is 0 Å². The van der Waals surface area contributed by atoms with E-state index in [2.05, 4.69) is 38.0 Å². The van der Waals surface area contributed by atoms with Crippen molar-refractivity contribution < 1.29 is 0 Å². The van der Waals surface area contributed by atoms with Crippen molar-refractivity contribution in [2.45, 2.75) is 58.5 Å². The lowest BCUT2D eigenvalue weighted by molar-refractivity contribution is 0.267. The normalized spacial score (nSPS) is 26.8. The van der Waals surface area contributed by atoms with E-state index in [1.165, 1.54) is 38.8 Å². The van der Waals surface area contributed by atoms with Crippen molar-refractivity contribution in [1.82, 2.24) is 10.2 Å². The Kier molecular flexibility index (Phi) is 5.62. The van der Waals surface area contributed by atoms with Gasteiger partial charge in [0, 0.05) is 12.1 Å². The van der Waals surface area contributed by atoms with Crippen LogP contribution in [0, 0.1) is 5.92 Å². The van der Waals surface area contributed by atoms with E-state index in [1.807, 2.05) is 0 Å². The van der Waals surface area contributed by atoms with Gasteiger partial charge in [0.1, 0.15) is 0 Å². The van der Waals surface area contributed by atoms with Gasteiger partial charge in [-0.15, -0.1) is 0 Å². The number of nitrogens with one attached hydrogen (secondary N) is 1. The lowest BCUT2D eigenvalue weighted by Crippen LogP contribution is -2.32. The zero-order valence-electron chi connectivity index (χ0n) is 10.9. The van der Waals surface area contributed by atoms with E-state index < -0.39 is 0 Å². The summed E-state index contributed by atoms with van der Waals surface area (Å²) in [4.78, 5) is 2.42. The van der Waals surface area contributed by atoms with Crippen molar-refractivity contribution in [3.8, 4) is 0 Å². The zero-order valence-corrected chi connectivity index (χ0v) is 10.9. The summed E-state index contributed by atoms with van der Waals surface area (Å²) in [6.45, 7) is 9.29. The third kappa shape index (κ3) is 4.98. The van der Waals surface area contributed by atoms with Gasteiger partial charge in [0.25, 0.3) is 0 Å². The lowest BCUT2D eigenvalue weighted by atomic mass is 10.1. The van der Waals surface area contributed by atoms with E-state index in [-0.39, 0.29) is 0 Å². The zero-order chi connectivity index (χ0) is 11.3. The minimum atomic E-state index is 0.677. The van der Waals surface area contributed by atoms with Crippen molar-refractivity contribution in [2.24, 2.45) is 5.92 Å². The minimum absolute atomic E-state index is 0.677. The van der Waals surface area contributed by atoms with Crippen LogP contribution < -0.4 is 5.32 Å². The molecule has 90 valence electrons. The van der Waals surface area contributed by atoms with Crippen LogP contribution >= 0.6 is 0 Å². The van der Waals surface area contributed by atoms with E-state index in [9.17, 15) is 0 Å². The second-order valence-electron chi connectivity index (χ2n) is 5.50. The van der Waals surface area contributed by atoms with Crippen LogP contribution in [0.2, 0.25) is 0 Å². The Morgan fingerprint density at radius 2 is 2.07 bits per heavy atom. The van der Waals surface area contributed by atoms with E-state index in [0.717, 1.165) is 12.0 Å². The van der Waals surface area contributed by atoms with Crippen molar-refractivity contribution in [3.63, 3.8) is 0 Å². The van der Waals surface area contributed by atoms with Crippen LogP contribution in [0.25, 0.3) is 0 Å². The molecule has 1 fully saturated rings. The summed E-state index contributed by atoms with van der Waals surface area (Å²) in [6.07, 6.45) is 5.48. The van der Waals surface area contributed by atoms with Crippen LogP contribution in [0.1, 0.15) is 46.5 Å². The highest BCUT2D eigenvalue weighted by Crippen LogP contribution is 2.24. The number of nitrogens with zero attached hydrogens (tertiary/aromatic N) is 1. The number of hydrogen-bond donors (Lipinski definition) is 1. The molecule has 2 atom stereocenters. The summed E-state index contributed by atoms with van der Waals surface area (Å²) in [5.74, 6) is 0.945. The third-order valence-corrected chi connectivity index (χ3v) is 3.70. The fraction of sp³-hybridized carbons (Fsp3) is 1.00. The topological polar surface area (TPSA) is 15.3 Å². The van der Waals surface area contributed by atoms with Gasteiger partial charge < -0.3 is 10.2 Å². The Morgan fingerprint density at radius 3 is 2.60 bits per heavy atom. The highest BCUT2D eigenvalue weighted by molar-refractivity contribution is 4.78. The monoisotopic (exact) mass is 212 g/mol. The maximum atomic E-state index is 3.68. The molecule has 0 amide bonds. The summed E-state index contributed by atoms with van der Waals surface area (Å²) in [7, 11) is 2.21. The average Bonchev–Trinajstić information content (AvgIpc) is 2.58. The lowest BCUT2D eigenvalue weighted by Gasteiger charge is -2.21. The Balaban J connectivity index is 1.97. The second-order valence-corrected chi connectivity index (χ2v) is 5.50. The third-order valence-electron chi connectivity index (χ3n) is 3.70. The molecular formula is C13H28N2. The summed E-state index contributed by atoms with van der Waals surface area (Å²) in [6, 6.07) is 1.49. The van der Waals surface area contributed by atoms with Gasteiger partial charge in [-0.1, -0.05) is 6.92 Å². The predicted molar refractivity (Wildman–Crippen MR) is 67.2 cm³/mol. The maximum absolute atomic E-state index is 3.68. The quantitative estimate of drug-likeness (QED) is 0.681. The molecule has 1 aliphatic rings. The van der Waals surface area contributed by atoms with Crippen LogP contribution in [-0.4, -0.2) is 37.1 Å². The SMILES string of the molecule is CC1CCC(NCCCN(C)C(C)C)C1. The molecule has 0 bridgehead atoms. The highest BCUT2D eigenvalue weighted by Gasteiger charge is 2.20. The fourth-order valence-corrected chi connectivity index (χ4v) is 2.29. The van der Waals surface area contributed by atoms with Crippen LogP contribution in [0.5, 0.6) is 0 Å². The number of rotatable bonds is 6. The molecule has 0 radical (unpaired) electrons. The molecule has 1 aliphatic carbocycles. The van der Waals surface area contributed by atoms with Gasteiger partial charge in [-0.05, 0) is 65.6 Å². The van der Waals surface area contributed by atoms with Crippen molar-refractivity contribution in [2.75, 3.05) is 20.1 Å². The molecular weight excluding hydrogens is 184 g/mol. The van der Waals surface area contributed by atoms with Crippen molar-refractivity contribution >= 4 is 0 Å². The maximum Gasteiger partial charge on any atom is 0.00697 e. The summed E-state index contributed by atoms with van der Waals surface area (Å²) >= 11 is 0. The van der Waals surface area contributed by atoms with Gasteiger partial charge >= 0.3 is 0 Å². The Bertz CT molecular complexity index is 168.